The Kier molecular flexibility index (Phi) is 23.9. The van der Waals surface area contributed by atoms with Gasteiger partial charge in [0.15, 0.2) is 0 Å². The zero-order chi connectivity index (χ0) is 45.8. The van der Waals surface area contributed by atoms with Crippen LogP contribution in [0.1, 0.15) is 75.0 Å². The molecule has 0 aliphatic carbocycles. The summed E-state index contributed by atoms with van der Waals surface area (Å²) in [6.07, 6.45) is -1.16. The fourth-order valence-electron chi connectivity index (χ4n) is 6.62. The van der Waals surface area contributed by atoms with Crippen molar-refractivity contribution in [2.45, 2.75) is 89.8 Å². The summed E-state index contributed by atoms with van der Waals surface area (Å²) in [5.41, 5.74) is 2.47. The first-order chi connectivity index (χ1) is 30.4. The number of hydrogen-bond acceptors (Lipinski definition) is 14. The topological polar surface area (TPSA) is 237 Å². The Hall–Kier alpha value is -6.00. The number of carbonyl (C=O) groups is 7. The Morgan fingerprint density at radius 3 is 1.78 bits per heavy atom. The van der Waals surface area contributed by atoms with Crippen molar-refractivity contribution in [2.75, 3.05) is 26.9 Å². The van der Waals surface area contributed by atoms with Gasteiger partial charge in [-0.2, -0.15) is 0 Å². The summed E-state index contributed by atoms with van der Waals surface area (Å²) < 4.78 is 25.5. The van der Waals surface area contributed by atoms with Gasteiger partial charge < -0.3 is 14.3 Å². The number of amides is 2. The summed E-state index contributed by atoms with van der Waals surface area (Å²) >= 11 is 0. The average molecular weight is 867 g/mol. The van der Waals surface area contributed by atoms with Crippen LogP contribution in [0.5, 0.6) is 5.75 Å². The maximum absolute atomic E-state index is 14.3. The predicted molar refractivity (Wildman–Crippen MR) is 231 cm³/mol. The zero-order valence-electron chi connectivity index (χ0n) is 35.8. The molecule has 0 aliphatic rings. The predicted octanol–water partition coefficient (Wildman–Crippen LogP) is 4.61. The second kappa shape index (κ2) is 29.3. The number of benzene rings is 3. The van der Waals surface area contributed by atoms with Gasteiger partial charge in [0, 0.05) is 7.11 Å². The van der Waals surface area contributed by atoms with Gasteiger partial charge in [0.1, 0.15) is 18.1 Å². The summed E-state index contributed by atoms with van der Waals surface area (Å²) in [5.74, 6) is -5.60. The zero-order valence-corrected chi connectivity index (χ0v) is 35.8. The molecule has 3 aromatic carbocycles. The van der Waals surface area contributed by atoms with E-state index in [1.807, 2.05) is 42.5 Å². The van der Waals surface area contributed by atoms with E-state index in [1.54, 1.807) is 42.5 Å². The first-order valence-corrected chi connectivity index (χ1v) is 20.8. The summed E-state index contributed by atoms with van der Waals surface area (Å²) in [6, 6.07) is 23.4. The van der Waals surface area contributed by atoms with E-state index in [9.17, 15) is 33.6 Å². The van der Waals surface area contributed by atoms with Crippen LogP contribution in [0.3, 0.4) is 0 Å². The van der Waals surface area contributed by atoms with Gasteiger partial charge >= 0.3 is 252 Å². The second-order valence-electron chi connectivity index (χ2n) is 14.9. The summed E-state index contributed by atoms with van der Waals surface area (Å²) in [4.78, 5) is 92.8. The van der Waals surface area contributed by atoms with Gasteiger partial charge in [-0.1, -0.05) is 48.5 Å². The van der Waals surface area contributed by atoms with Crippen molar-refractivity contribution < 1.29 is 57.1 Å². The molecule has 0 radical (unpaired) electrons. The molecule has 4 N–H and O–H groups in total. The van der Waals surface area contributed by atoms with E-state index < -0.39 is 65.7 Å². The van der Waals surface area contributed by atoms with Crippen molar-refractivity contribution in [3.63, 3.8) is 0 Å². The fourth-order valence-corrected chi connectivity index (χ4v) is 6.62. The van der Waals surface area contributed by atoms with Gasteiger partial charge in [-0.15, -0.1) is 0 Å². The van der Waals surface area contributed by atoms with Gasteiger partial charge in [0.05, 0.1) is 0 Å². The number of carbonyl (C=O) groups excluding carboxylic acids is 7. The molecule has 2 amide bonds. The molecule has 0 aliphatic heterocycles. The number of Topliss-reactive ketones (excluding diaryl/α,β-unsaturated/α-hetero) is 3. The average Bonchev–Trinajstić information content (AvgIpc) is 3.27. The summed E-state index contributed by atoms with van der Waals surface area (Å²) in [7, 11) is 2.43. The van der Waals surface area contributed by atoms with E-state index >= 15 is 0 Å². The van der Waals surface area contributed by atoms with Gasteiger partial charge in [-0.3, -0.25) is 0 Å². The molecule has 0 saturated heterocycles. The van der Waals surface area contributed by atoms with Crippen molar-refractivity contribution in [3.8, 4) is 5.75 Å². The van der Waals surface area contributed by atoms with Crippen LogP contribution in [0.15, 0.2) is 84.9 Å². The van der Waals surface area contributed by atoms with E-state index in [2.05, 4.69) is 19.9 Å². The van der Waals surface area contributed by atoms with Crippen molar-refractivity contribution in [3.05, 3.63) is 102 Å². The smallest absolute Gasteiger partial charge is 0.489 e. The van der Waals surface area contributed by atoms with Crippen molar-refractivity contribution >= 4 is 55.7 Å². The Bertz CT molecular complexity index is 1950. The van der Waals surface area contributed by atoms with Gasteiger partial charge in [-0.25, -0.2) is 0 Å². The van der Waals surface area contributed by atoms with E-state index in [0.29, 0.717) is 52.1 Å². The molecule has 3 rings (SSSR count). The van der Waals surface area contributed by atoms with Crippen LogP contribution < -0.4 is 15.4 Å². The van der Waals surface area contributed by atoms with E-state index in [-0.39, 0.29) is 63.8 Å². The molecular weight excluding hydrogens is 810 g/mol. The number of ether oxygens (including phenoxy) is 3. The number of ketones is 3. The number of rotatable bonds is 32. The molecule has 0 bridgehead atoms. The fraction of sp³-hybridized carbons (Fsp3) is 0.444. The first kappa shape index (κ1) is 51.4. The van der Waals surface area contributed by atoms with E-state index in [0.717, 1.165) is 11.1 Å². The molecule has 63 heavy (non-hydrogen) atoms. The molecule has 0 unspecified atom stereocenters. The molecule has 18 heteroatoms. The molecule has 0 spiro atoms. The molecule has 0 heterocycles. The van der Waals surface area contributed by atoms with Crippen LogP contribution in [-0.2, 0) is 71.8 Å². The normalized spacial score (nSPS) is 12.5. The van der Waals surface area contributed by atoms with Crippen LogP contribution >= 0.6 is 0 Å². The number of nitrogens with one attached hydrogen (secondary N) is 4. The third-order valence-corrected chi connectivity index (χ3v) is 9.93. The second-order valence-corrected chi connectivity index (χ2v) is 14.9. The Balaban J connectivity index is 1.84. The van der Waals surface area contributed by atoms with Crippen molar-refractivity contribution in [1.29, 1.82) is 10.6 Å². The molecule has 334 valence electrons. The Labute approximate surface area is 369 Å². The standard InChI is InChI=1S/C45H56B2N4O12/c1-31(52)26-36(27-33-15-18-37(19-16-33)61-30-34-12-7-4-8-13-34)45(58)51-39(28-32-10-5-3-6-11-32)41(54)29-35(17-21-42(55)62-46-48)44(57)50-38(20-22-43(56)63-47-49)40(53)14-9-23-60-25-24-59-2/h3-8,10-13,15-16,18-19,35-36,38-39,48-49H,9,14,17,20-30H2,1-2H3,(H,50,57)(H,51,58)/t35-,36+,38-,39-/m1/s1. The van der Waals surface area contributed by atoms with E-state index in [4.69, 9.17) is 24.8 Å². The van der Waals surface area contributed by atoms with Crippen LogP contribution in [0, 0.1) is 22.5 Å². The van der Waals surface area contributed by atoms with Gasteiger partial charge in [0.25, 0.3) is 0 Å². The van der Waals surface area contributed by atoms with E-state index in [1.165, 1.54) is 14.0 Å². The van der Waals surface area contributed by atoms with Gasteiger partial charge in [-0.05, 0) is 30.2 Å². The number of hydrogen-bond donors (Lipinski definition) is 4. The molecule has 4 atom stereocenters. The molecular formula is C45H56B2N4O12. The Morgan fingerprint density at radius 1 is 0.603 bits per heavy atom. The van der Waals surface area contributed by atoms with Crippen LogP contribution in [0.2, 0.25) is 0 Å². The minimum absolute atomic E-state index is 0.0222. The third kappa shape index (κ3) is 20.6. The minimum Gasteiger partial charge on any atom is -0.489 e. The molecule has 0 saturated carbocycles. The quantitative estimate of drug-likeness (QED) is 0.0497. The maximum atomic E-state index is 14.3. The third-order valence-electron chi connectivity index (χ3n) is 9.93. The van der Waals surface area contributed by atoms with Crippen LogP contribution in [0.25, 0.3) is 0 Å². The van der Waals surface area contributed by atoms with Crippen molar-refractivity contribution in [1.82, 2.24) is 10.6 Å². The molecule has 16 nitrogen and oxygen atoms in total. The van der Waals surface area contributed by atoms with Gasteiger partial charge in [0.2, 0.25) is 0 Å². The summed E-state index contributed by atoms with van der Waals surface area (Å²) in [5, 5.41) is 19.7. The van der Waals surface area contributed by atoms with Crippen molar-refractivity contribution in [2.24, 2.45) is 11.8 Å². The monoisotopic (exact) mass is 866 g/mol. The molecule has 3 aromatic rings. The molecule has 0 fully saturated rings. The minimum atomic E-state index is -1.22. The summed E-state index contributed by atoms with van der Waals surface area (Å²) in [6.45, 7) is 2.67. The van der Waals surface area contributed by atoms with Crippen LogP contribution in [-0.4, -0.2) is 94.7 Å². The SMILES string of the molecule is COCCOCCCC(=O)[C@@H](CCC(=O)OB=N)NC(=O)[C@H](CCC(=O)OB=N)CC(=O)[C@@H](Cc1ccccc1)NC(=O)[C@@H](CC(C)=O)Cc1ccc(OCc2ccccc2)cc1. The molecule has 0 aromatic heterocycles. The number of methoxy groups -OCH3 is 1. The van der Waals surface area contributed by atoms with Crippen LogP contribution in [0.4, 0.5) is 0 Å². The Morgan fingerprint density at radius 2 is 1.17 bits per heavy atom. The first-order valence-electron chi connectivity index (χ1n) is 20.8.